The number of urea groups is 1. The van der Waals surface area contributed by atoms with Gasteiger partial charge in [-0.2, -0.15) is 0 Å². The molecule has 1 aromatic rings. The lowest BCUT2D eigenvalue weighted by Gasteiger charge is -2.34. The molecule has 136 valence electrons. The largest absolute Gasteiger partial charge is 0.497 e. The minimum atomic E-state index is -0.951. The molecule has 0 saturated carbocycles. The molecule has 1 fully saturated rings. The second kappa shape index (κ2) is 8.91. The maximum absolute atomic E-state index is 12.4. The van der Waals surface area contributed by atoms with Crippen LogP contribution < -0.4 is 10.1 Å². The van der Waals surface area contributed by atoms with E-state index in [2.05, 4.69) is 5.32 Å². The summed E-state index contributed by atoms with van der Waals surface area (Å²) < 4.78 is 5.16. The molecule has 1 aliphatic heterocycles. The number of nitrogens with zero attached hydrogens (tertiary/aromatic N) is 2. The number of benzene rings is 1. The molecule has 2 N–H and O–H groups in total. The Morgan fingerprint density at radius 2 is 1.84 bits per heavy atom. The third-order valence-electron chi connectivity index (χ3n) is 4.02. The van der Waals surface area contributed by atoms with Crippen LogP contribution in [0.5, 0.6) is 5.75 Å². The van der Waals surface area contributed by atoms with Crippen LogP contribution in [0.25, 0.3) is 0 Å². The molecule has 2 rings (SSSR count). The predicted molar refractivity (Wildman–Crippen MR) is 90.5 cm³/mol. The summed E-state index contributed by atoms with van der Waals surface area (Å²) in [4.78, 5) is 38.1. The zero-order valence-corrected chi connectivity index (χ0v) is 14.2. The molecule has 1 aromatic carbocycles. The number of methoxy groups -OCH3 is 1. The van der Waals surface area contributed by atoms with Gasteiger partial charge in [-0.1, -0.05) is 12.1 Å². The molecule has 0 bridgehead atoms. The second-order valence-electron chi connectivity index (χ2n) is 5.77. The Morgan fingerprint density at radius 3 is 2.48 bits per heavy atom. The van der Waals surface area contributed by atoms with E-state index < -0.39 is 5.97 Å². The number of hydrogen-bond acceptors (Lipinski definition) is 4. The Kier molecular flexibility index (Phi) is 6.62. The zero-order valence-electron chi connectivity index (χ0n) is 14.2. The lowest BCUT2D eigenvalue weighted by atomic mass is 10.1. The lowest BCUT2D eigenvalue weighted by molar-refractivity contribution is -0.137. The predicted octanol–water partition coefficient (Wildman–Crippen LogP) is 0.566. The van der Waals surface area contributed by atoms with Crippen LogP contribution in [0.1, 0.15) is 12.0 Å². The quantitative estimate of drug-likeness (QED) is 0.782. The van der Waals surface area contributed by atoms with Crippen LogP contribution in [0.4, 0.5) is 4.79 Å². The number of carboxylic acids is 1. The highest BCUT2D eigenvalue weighted by Crippen LogP contribution is 2.14. The van der Waals surface area contributed by atoms with Gasteiger partial charge in [0.1, 0.15) is 5.75 Å². The number of carboxylic acid groups (broad SMARTS) is 1. The van der Waals surface area contributed by atoms with E-state index >= 15 is 0 Å². The number of carbonyl (C=O) groups is 3. The van der Waals surface area contributed by atoms with Crippen molar-refractivity contribution in [1.29, 1.82) is 0 Å². The van der Waals surface area contributed by atoms with E-state index in [1.807, 2.05) is 24.3 Å². The second-order valence-corrected chi connectivity index (χ2v) is 5.77. The normalized spacial score (nSPS) is 14.1. The van der Waals surface area contributed by atoms with Gasteiger partial charge in [-0.05, 0) is 17.7 Å². The van der Waals surface area contributed by atoms with Gasteiger partial charge in [-0.25, -0.2) is 4.79 Å². The first kappa shape index (κ1) is 18.6. The molecular formula is C17H23N3O5. The fourth-order valence-corrected chi connectivity index (χ4v) is 2.62. The van der Waals surface area contributed by atoms with Crippen LogP contribution in [0, 0.1) is 0 Å². The Balaban J connectivity index is 1.77. The fourth-order valence-electron chi connectivity index (χ4n) is 2.62. The zero-order chi connectivity index (χ0) is 18.2. The number of nitrogens with one attached hydrogen (secondary N) is 1. The fraction of sp³-hybridized carbons (Fsp3) is 0.471. The topological polar surface area (TPSA) is 99.2 Å². The van der Waals surface area contributed by atoms with Gasteiger partial charge in [0.05, 0.1) is 20.0 Å². The van der Waals surface area contributed by atoms with Gasteiger partial charge in [0.2, 0.25) is 5.91 Å². The van der Waals surface area contributed by atoms with Crippen LogP contribution in [0.3, 0.4) is 0 Å². The Bertz CT molecular complexity index is 626. The molecule has 0 atom stereocenters. The van der Waals surface area contributed by atoms with E-state index in [1.54, 1.807) is 16.9 Å². The number of carbonyl (C=O) groups excluding carboxylic acids is 2. The number of rotatable bonds is 6. The molecule has 0 spiro atoms. The van der Waals surface area contributed by atoms with Crippen molar-refractivity contribution in [2.24, 2.45) is 0 Å². The molecule has 0 unspecified atom stereocenters. The standard InChI is InChI=1S/C17H23N3O5/c1-25-14-4-2-3-13(11-14)12-15(21)19-7-9-20(10-8-19)17(24)18-6-5-16(22)23/h2-4,11H,5-10,12H2,1H3,(H,18,24)(H,22,23). The third-order valence-corrected chi connectivity index (χ3v) is 4.02. The summed E-state index contributed by atoms with van der Waals surface area (Å²) in [6.45, 7) is 1.90. The van der Waals surface area contributed by atoms with Crippen molar-refractivity contribution in [3.05, 3.63) is 29.8 Å². The molecule has 3 amide bonds. The van der Waals surface area contributed by atoms with Crippen molar-refractivity contribution in [3.63, 3.8) is 0 Å². The van der Waals surface area contributed by atoms with Crippen molar-refractivity contribution < 1.29 is 24.2 Å². The van der Waals surface area contributed by atoms with Crippen molar-refractivity contribution in [2.45, 2.75) is 12.8 Å². The summed E-state index contributed by atoms with van der Waals surface area (Å²) >= 11 is 0. The molecule has 1 saturated heterocycles. The third kappa shape index (κ3) is 5.66. The van der Waals surface area contributed by atoms with Crippen LogP contribution in [-0.4, -0.2) is 72.6 Å². The van der Waals surface area contributed by atoms with E-state index in [1.165, 1.54) is 0 Å². The highest BCUT2D eigenvalue weighted by Gasteiger charge is 2.24. The first-order chi connectivity index (χ1) is 12.0. The van der Waals surface area contributed by atoms with E-state index in [0.717, 1.165) is 5.56 Å². The summed E-state index contributed by atoms with van der Waals surface area (Å²) in [6, 6.07) is 7.11. The van der Waals surface area contributed by atoms with Gasteiger partial charge in [0.25, 0.3) is 0 Å². The summed E-state index contributed by atoms with van der Waals surface area (Å²) in [6.07, 6.45) is 0.187. The highest BCUT2D eigenvalue weighted by molar-refractivity contribution is 5.80. The molecule has 0 aromatic heterocycles. The molecule has 8 heteroatoms. The van der Waals surface area contributed by atoms with Gasteiger partial charge in [-0.3, -0.25) is 9.59 Å². The summed E-state index contributed by atoms with van der Waals surface area (Å²) in [5, 5.41) is 11.1. The summed E-state index contributed by atoms with van der Waals surface area (Å²) in [5.41, 5.74) is 0.887. The molecule has 1 aliphatic rings. The number of aliphatic carboxylic acids is 1. The average molecular weight is 349 g/mol. The van der Waals surface area contributed by atoms with E-state index in [9.17, 15) is 14.4 Å². The molecule has 1 heterocycles. The van der Waals surface area contributed by atoms with Crippen molar-refractivity contribution in [2.75, 3.05) is 39.8 Å². The van der Waals surface area contributed by atoms with Crippen LogP contribution >= 0.6 is 0 Å². The molecule has 0 radical (unpaired) electrons. The molecule has 25 heavy (non-hydrogen) atoms. The van der Waals surface area contributed by atoms with Crippen LogP contribution in [0.2, 0.25) is 0 Å². The van der Waals surface area contributed by atoms with Crippen LogP contribution in [0.15, 0.2) is 24.3 Å². The van der Waals surface area contributed by atoms with Crippen molar-refractivity contribution >= 4 is 17.9 Å². The molecular weight excluding hydrogens is 326 g/mol. The Hall–Kier alpha value is -2.77. The minimum Gasteiger partial charge on any atom is -0.497 e. The monoisotopic (exact) mass is 349 g/mol. The lowest BCUT2D eigenvalue weighted by Crippen LogP contribution is -2.53. The summed E-state index contributed by atoms with van der Waals surface area (Å²) in [5.74, 6) is -0.222. The minimum absolute atomic E-state index is 0.0131. The number of piperazine rings is 1. The average Bonchev–Trinajstić information content (AvgIpc) is 2.61. The smallest absolute Gasteiger partial charge is 0.317 e. The SMILES string of the molecule is COc1cccc(CC(=O)N2CCN(C(=O)NCCC(=O)O)CC2)c1. The Labute approximate surface area is 146 Å². The highest BCUT2D eigenvalue weighted by atomic mass is 16.5. The van der Waals surface area contributed by atoms with E-state index in [4.69, 9.17) is 9.84 Å². The molecule has 8 nitrogen and oxygen atoms in total. The van der Waals surface area contributed by atoms with Crippen LogP contribution in [-0.2, 0) is 16.0 Å². The van der Waals surface area contributed by atoms with Gasteiger partial charge in [-0.15, -0.1) is 0 Å². The summed E-state index contributed by atoms with van der Waals surface area (Å²) in [7, 11) is 1.58. The first-order valence-electron chi connectivity index (χ1n) is 8.15. The number of hydrogen-bond donors (Lipinski definition) is 2. The van der Waals surface area contributed by atoms with E-state index in [0.29, 0.717) is 38.3 Å². The molecule has 0 aliphatic carbocycles. The van der Waals surface area contributed by atoms with Gasteiger partial charge >= 0.3 is 12.0 Å². The maximum atomic E-state index is 12.4. The maximum Gasteiger partial charge on any atom is 0.317 e. The Morgan fingerprint density at radius 1 is 1.16 bits per heavy atom. The number of ether oxygens (including phenoxy) is 1. The van der Waals surface area contributed by atoms with Gasteiger partial charge in [0, 0.05) is 32.7 Å². The first-order valence-corrected chi connectivity index (χ1v) is 8.15. The number of amides is 3. The van der Waals surface area contributed by atoms with Crippen molar-refractivity contribution in [1.82, 2.24) is 15.1 Å². The van der Waals surface area contributed by atoms with Gasteiger partial charge in [0.15, 0.2) is 0 Å². The van der Waals surface area contributed by atoms with Gasteiger partial charge < -0.3 is 25.0 Å². The van der Waals surface area contributed by atoms with E-state index in [-0.39, 0.29) is 24.9 Å². The van der Waals surface area contributed by atoms with Crippen molar-refractivity contribution in [3.8, 4) is 5.75 Å².